The van der Waals surface area contributed by atoms with Crippen molar-refractivity contribution < 1.29 is 78.3 Å². The van der Waals surface area contributed by atoms with Crippen molar-refractivity contribution in [1.82, 2.24) is 30.0 Å². The molecular weight excluding hydrogens is 1110 g/mol. The van der Waals surface area contributed by atoms with Crippen LogP contribution in [0.25, 0.3) is 22.5 Å². The highest BCUT2D eigenvalue weighted by Gasteiger charge is 2.53. The molecule has 0 spiro atoms. The second-order valence-corrected chi connectivity index (χ2v) is 21.1. The first-order valence-corrected chi connectivity index (χ1v) is 25.7. The Balaban J connectivity index is 0.000000214. The summed E-state index contributed by atoms with van der Waals surface area (Å²) in [5.74, 6) is -8.99. The number of hydrogen-bond donors (Lipinski definition) is 4. The number of aliphatic hydroxyl groups is 4. The lowest BCUT2D eigenvalue weighted by Gasteiger charge is -2.43. The second-order valence-electron chi connectivity index (χ2n) is 15.9. The molecular formula is C44H40Cl4F6N6O11S2. The van der Waals surface area contributed by atoms with Gasteiger partial charge in [0, 0.05) is 29.2 Å². The minimum absolute atomic E-state index is 0.00955. The van der Waals surface area contributed by atoms with E-state index in [0.717, 1.165) is 22.9 Å². The van der Waals surface area contributed by atoms with E-state index in [0.29, 0.717) is 12.1 Å². The van der Waals surface area contributed by atoms with Crippen molar-refractivity contribution in [2.75, 3.05) is 26.4 Å². The average molecular weight is 1150 g/mol. The molecule has 2 aliphatic heterocycles. The molecule has 4 N–H and O–H groups in total. The highest BCUT2D eigenvalue weighted by molar-refractivity contribution is 7.92. The molecule has 11 atom stereocenters. The van der Waals surface area contributed by atoms with Crippen LogP contribution in [0, 0.1) is 34.9 Å². The van der Waals surface area contributed by atoms with Crippen LogP contribution in [0.15, 0.2) is 82.8 Å². The van der Waals surface area contributed by atoms with Gasteiger partial charge in [-0.2, -0.15) is 0 Å². The molecule has 1 unspecified atom stereocenters. The van der Waals surface area contributed by atoms with Gasteiger partial charge >= 0.3 is 0 Å². The molecule has 2 saturated heterocycles. The lowest BCUT2D eigenvalue weighted by molar-refractivity contribution is -0.194. The van der Waals surface area contributed by atoms with Gasteiger partial charge in [-0.1, -0.05) is 56.8 Å². The van der Waals surface area contributed by atoms with Crippen LogP contribution in [-0.4, -0.2) is 137 Å². The van der Waals surface area contributed by atoms with Gasteiger partial charge in [0.2, 0.25) is 9.84 Å². The number of ether oxygens (including phenoxy) is 4. The molecule has 17 nitrogen and oxygen atoms in total. The van der Waals surface area contributed by atoms with Crippen molar-refractivity contribution >= 4 is 67.0 Å². The molecule has 0 aliphatic carbocycles. The van der Waals surface area contributed by atoms with Crippen LogP contribution in [0.2, 0.25) is 20.1 Å². The van der Waals surface area contributed by atoms with Crippen LogP contribution >= 0.6 is 46.4 Å². The number of aromatic nitrogens is 6. The topological polar surface area (TPSA) is 230 Å². The van der Waals surface area contributed by atoms with Gasteiger partial charge < -0.3 is 39.4 Å². The summed E-state index contributed by atoms with van der Waals surface area (Å²) in [5.41, 5.74) is -3.32. The van der Waals surface area contributed by atoms with Gasteiger partial charge in [0.25, 0.3) is 0 Å². The first kappa shape index (κ1) is 56.4. The Hall–Kier alpha value is -4.32. The van der Waals surface area contributed by atoms with Crippen molar-refractivity contribution in [3.8, 4) is 22.5 Å². The maximum atomic E-state index is 13.7. The standard InChI is InChI=1S/C22H20Cl2F3N3O6S.C22H20Cl2F3N3O5S/c1-2-35-21-19(30-8-16(28-29-30)10-5-14(25)18(27)15(26)6-10)20(32)17(9-31)36-22(21)37(33,34)11-3-4-12(23)13(24)7-11;1-2-34-21-19(30-8-16(28-29-30)10-5-14(25)18(27)15(26)6-10)20(32)17(9-31)35-22(21)36(33)11-3-4-12(23)13(24)7-11/h3-8,17,19-22,31-32H,2,9H2,1H3;3-8,17,19-22,31-32H,2,9H2,1H3/t17-,19+,20+,21-,22-;17-,19+,20+,21-,22-,36?/m11/s1. The third-order valence-corrected chi connectivity index (χ3v) is 16.3. The maximum Gasteiger partial charge on any atom is 0.207 e. The zero-order chi connectivity index (χ0) is 53.2. The predicted octanol–water partition coefficient (Wildman–Crippen LogP) is 6.67. The number of rotatable bonds is 14. The van der Waals surface area contributed by atoms with Gasteiger partial charge in [-0.05, 0) is 74.5 Å². The Kier molecular flexibility index (Phi) is 18.3. The lowest BCUT2D eigenvalue weighted by atomic mass is 9.97. The molecule has 6 aromatic rings. The normalized spacial score (nSPS) is 24.8. The molecule has 73 heavy (non-hydrogen) atoms. The molecule has 0 saturated carbocycles. The van der Waals surface area contributed by atoms with Gasteiger partial charge in [-0.3, -0.25) is 4.21 Å². The molecule has 2 aliphatic rings. The Bertz CT molecular complexity index is 3050. The van der Waals surface area contributed by atoms with Gasteiger partial charge in [-0.25, -0.2) is 44.1 Å². The van der Waals surface area contributed by atoms with Gasteiger partial charge in [0.1, 0.15) is 60.1 Å². The number of hydrogen-bond acceptors (Lipinski definition) is 15. The minimum Gasteiger partial charge on any atom is -0.394 e. The van der Waals surface area contributed by atoms with Crippen molar-refractivity contribution in [3.05, 3.63) is 128 Å². The number of benzene rings is 4. The summed E-state index contributed by atoms with van der Waals surface area (Å²) in [7, 11) is -6.26. The fourth-order valence-electron chi connectivity index (χ4n) is 7.93. The Labute approximate surface area is 433 Å². The minimum atomic E-state index is -4.36. The van der Waals surface area contributed by atoms with E-state index in [-0.39, 0.29) is 65.6 Å². The molecule has 0 amide bonds. The molecule has 0 bridgehead atoms. The molecule has 2 fully saturated rings. The fraction of sp³-hybridized carbons (Fsp3) is 0.364. The van der Waals surface area contributed by atoms with Crippen molar-refractivity contribution in [3.63, 3.8) is 0 Å². The summed E-state index contributed by atoms with van der Waals surface area (Å²) in [5, 5.41) is 57.7. The average Bonchev–Trinajstić information content (AvgIpc) is 4.06. The molecule has 29 heteroatoms. The predicted molar refractivity (Wildman–Crippen MR) is 250 cm³/mol. The van der Waals surface area contributed by atoms with E-state index in [1.165, 1.54) is 47.4 Å². The summed E-state index contributed by atoms with van der Waals surface area (Å²) in [6.45, 7) is 2.00. The number of halogens is 10. The number of aliphatic hydroxyl groups excluding tert-OH is 4. The van der Waals surface area contributed by atoms with Crippen LogP contribution in [0.3, 0.4) is 0 Å². The van der Waals surface area contributed by atoms with E-state index < -0.39 is 128 Å². The van der Waals surface area contributed by atoms with Crippen LogP contribution in [-0.2, 0) is 39.6 Å². The van der Waals surface area contributed by atoms with E-state index in [9.17, 15) is 59.4 Å². The highest BCUT2D eigenvalue weighted by Crippen LogP contribution is 2.40. The van der Waals surface area contributed by atoms with Gasteiger partial charge in [0.05, 0.1) is 61.4 Å². The first-order chi connectivity index (χ1) is 34.6. The number of nitrogens with zero attached hydrogens (tertiary/aromatic N) is 6. The number of sulfone groups is 1. The summed E-state index contributed by atoms with van der Waals surface area (Å²) >= 11 is 23.9. The molecule has 4 heterocycles. The van der Waals surface area contributed by atoms with Gasteiger partial charge in [-0.15, -0.1) is 10.2 Å². The zero-order valence-corrected chi connectivity index (χ0v) is 42.1. The van der Waals surface area contributed by atoms with Crippen LogP contribution < -0.4 is 0 Å². The van der Waals surface area contributed by atoms with Crippen LogP contribution in [0.5, 0.6) is 0 Å². The fourth-order valence-corrected chi connectivity index (χ4v) is 11.8. The van der Waals surface area contributed by atoms with E-state index in [1.54, 1.807) is 13.8 Å². The molecule has 8 rings (SSSR count). The maximum absolute atomic E-state index is 13.7. The van der Waals surface area contributed by atoms with E-state index in [1.807, 2.05) is 0 Å². The van der Waals surface area contributed by atoms with Gasteiger partial charge in [0.15, 0.2) is 45.8 Å². The SMILES string of the molecule is CCO[C@@H]1[C@@H](n2cc(-c3cc(F)c(F)c(F)c3)nn2)[C@@H](O)[C@@H](CO)O[C@@H]1S(=O)(=O)c1ccc(Cl)c(Cl)c1.CCO[C@@H]1[C@@H](n2cc(-c3cc(F)c(F)c(F)c3)nn2)[C@@H](O)[C@@H](CO)O[C@@H]1S(=O)c1ccc(Cl)c(Cl)c1. The van der Waals surface area contributed by atoms with E-state index >= 15 is 0 Å². The summed E-state index contributed by atoms with van der Waals surface area (Å²) in [4.78, 5) is 0.0162. The Morgan fingerprint density at radius 3 is 1.53 bits per heavy atom. The molecule has 4 aromatic carbocycles. The molecule has 0 radical (unpaired) electrons. The molecule has 2 aromatic heterocycles. The van der Waals surface area contributed by atoms with Crippen molar-refractivity contribution in [2.45, 2.75) is 83.2 Å². The largest absolute Gasteiger partial charge is 0.394 e. The van der Waals surface area contributed by atoms with E-state index in [4.69, 9.17) is 65.4 Å². The summed E-state index contributed by atoms with van der Waals surface area (Å²) in [6, 6.07) is 8.57. The van der Waals surface area contributed by atoms with Crippen molar-refractivity contribution in [2.24, 2.45) is 0 Å². The molecule has 394 valence electrons. The highest BCUT2D eigenvalue weighted by atomic mass is 35.5. The third kappa shape index (κ3) is 11.7. The summed E-state index contributed by atoms with van der Waals surface area (Å²) < 4.78 is 147. The first-order valence-electron chi connectivity index (χ1n) is 21.5. The quantitative estimate of drug-likeness (QED) is 0.0660. The Morgan fingerprint density at radius 2 is 1.08 bits per heavy atom. The zero-order valence-electron chi connectivity index (χ0n) is 37.5. The van der Waals surface area contributed by atoms with E-state index in [2.05, 4.69) is 20.6 Å². The monoisotopic (exact) mass is 1150 g/mol. The Morgan fingerprint density at radius 1 is 0.644 bits per heavy atom. The smallest absolute Gasteiger partial charge is 0.207 e. The second kappa shape index (κ2) is 23.7. The lowest BCUT2D eigenvalue weighted by Crippen LogP contribution is -2.59. The third-order valence-electron chi connectivity index (χ3n) is 11.4. The van der Waals surface area contributed by atoms with Crippen LogP contribution in [0.4, 0.5) is 26.3 Å². The van der Waals surface area contributed by atoms with Crippen molar-refractivity contribution in [1.29, 1.82) is 0 Å². The summed E-state index contributed by atoms with van der Waals surface area (Å²) in [6.07, 6.45) is -5.53. The van der Waals surface area contributed by atoms with Crippen LogP contribution in [0.1, 0.15) is 25.9 Å².